The number of hydrogen-bond donors (Lipinski definition) is 2. The third-order valence-corrected chi connectivity index (χ3v) is 2.88. The highest BCUT2D eigenvalue weighted by atomic mass is 16.3. The summed E-state index contributed by atoms with van der Waals surface area (Å²) in [7, 11) is 1.89. The third-order valence-electron chi connectivity index (χ3n) is 2.88. The molecule has 0 fully saturated rings. The van der Waals surface area contributed by atoms with E-state index in [1.165, 1.54) is 11.1 Å². The second-order valence-corrected chi connectivity index (χ2v) is 4.35. The second kappa shape index (κ2) is 5.99. The third kappa shape index (κ3) is 3.59. The van der Waals surface area contributed by atoms with Crippen molar-refractivity contribution in [2.24, 2.45) is 0 Å². The Kier molecular flexibility index (Phi) is 4.93. The highest BCUT2D eigenvalue weighted by Crippen LogP contribution is 2.17. The van der Waals surface area contributed by atoms with Gasteiger partial charge in [0.1, 0.15) is 0 Å². The molecule has 1 rings (SSSR count). The molecule has 0 radical (unpaired) electrons. The number of aryl methyl sites for hydroxylation is 2. The number of nitrogens with zero attached hydrogens (tertiary/aromatic N) is 1. The Morgan fingerprint density at radius 1 is 1.25 bits per heavy atom. The minimum Gasteiger partial charge on any atom is -0.395 e. The number of benzene rings is 1. The lowest BCUT2D eigenvalue weighted by molar-refractivity contribution is 0.115. The van der Waals surface area contributed by atoms with Crippen LogP contribution in [0.2, 0.25) is 0 Å². The van der Waals surface area contributed by atoms with Crippen LogP contribution in [0, 0.1) is 13.8 Å². The average molecular weight is 223 g/mol. The summed E-state index contributed by atoms with van der Waals surface area (Å²) in [5, 5.41) is 18.8. The van der Waals surface area contributed by atoms with Crippen molar-refractivity contribution < 1.29 is 10.2 Å². The highest BCUT2D eigenvalue weighted by Gasteiger charge is 2.10. The van der Waals surface area contributed by atoms with Crippen molar-refractivity contribution in [3.8, 4) is 0 Å². The van der Waals surface area contributed by atoms with Crippen LogP contribution in [-0.4, -0.2) is 41.9 Å². The molecule has 0 amide bonds. The van der Waals surface area contributed by atoms with E-state index < -0.39 is 6.10 Å². The molecule has 0 aliphatic heterocycles. The van der Waals surface area contributed by atoms with Crippen LogP contribution in [0.15, 0.2) is 18.2 Å². The van der Waals surface area contributed by atoms with Crippen molar-refractivity contribution in [1.29, 1.82) is 0 Å². The zero-order chi connectivity index (χ0) is 12.1. The largest absolute Gasteiger partial charge is 0.395 e. The maximum atomic E-state index is 10.0. The molecule has 1 aromatic rings. The molecule has 1 aromatic carbocycles. The minimum atomic E-state index is -0.490. The normalized spacial score (nSPS) is 13.1. The molecule has 0 saturated carbocycles. The second-order valence-electron chi connectivity index (χ2n) is 4.35. The van der Waals surface area contributed by atoms with E-state index in [0.29, 0.717) is 13.1 Å². The number of likely N-dealkylation sites (N-methyl/N-ethyl adjacent to an activating group) is 1. The predicted octanol–water partition coefficient (Wildman–Crippen LogP) is 1.26. The Labute approximate surface area is 97.3 Å². The van der Waals surface area contributed by atoms with Crippen molar-refractivity contribution in [2.45, 2.75) is 20.0 Å². The maximum absolute atomic E-state index is 10.0. The van der Waals surface area contributed by atoms with Crippen molar-refractivity contribution >= 4 is 0 Å². The van der Waals surface area contributed by atoms with E-state index in [2.05, 4.69) is 6.92 Å². The van der Waals surface area contributed by atoms with Crippen LogP contribution >= 0.6 is 0 Å². The Balaban J connectivity index is 2.65. The van der Waals surface area contributed by atoms with Gasteiger partial charge in [-0.1, -0.05) is 18.2 Å². The minimum absolute atomic E-state index is 0.121. The molecule has 0 saturated heterocycles. The molecule has 0 aromatic heterocycles. The molecule has 2 N–H and O–H groups in total. The van der Waals surface area contributed by atoms with Crippen LogP contribution in [0.5, 0.6) is 0 Å². The van der Waals surface area contributed by atoms with Crippen LogP contribution in [0.3, 0.4) is 0 Å². The maximum Gasteiger partial charge on any atom is 0.0916 e. The predicted molar refractivity (Wildman–Crippen MR) is 65.5 cm³/mol. The molecule has 0 aliphatic rings. The monoisotopic (exact) mass is 223 g/mol. The molecule has 0 heterocycles. The van der Waals surface area contributed by atoms with Gasteiger partial charge in [0.15, 0.2) is 0 Å². The van der Waals surface area contributed by atoms with E-state index in [1.54, 1.807) is 0 Å². The zero-order valence-corrected chi connectivity index (χ0v) is 10.3. The van der Waals surface area contributed by atoms with Crippen LogP contribution < -0.4 is 0 Å². The average Bonchev–Trinajstić information content (AvgIpc) is 2.22. The molecular weight excluding hydrogens is 202 g/mol. The van der Waals surface area contributed by atoms with Gasteiger partial charge < -0.3 is 15.1 Å². The molecule has 16 heavy (non-hydrogen) atoms. The molecule has 3 nitrogen and oxygen atoms in total. The van der Waals surface area contributed by atoms with Crippen LogP contribution in [-0.2, 0) is 0 Å². The zero-order valence-electron chi connectivity index (χ0n) is 10.3. The van der Waals surface area contributed by atoms with E-state index in [9.17, 15) is 5.11 Å². The Bertz CT molecular complexity index is 339. The molecule has 3 heteroatoms. The fourth-order valence-corrected chi connectivity index (χ4v) is 1.63. The highest BCUT2D eigenvalue weighted by molar-refractivity contribution is 5.31. The number of aliphatic hydroxyl groups excluding tert-OH is 2. The molecule has 90 valence electrons. The summed E-state index contributed by atoms with van der Waals surface area (Å²) >= 11 is 0. The molecule has 1 atom stereocenters. The summed E-state index contributed by atoms with van der Waals surface area (Å²) in [6.07, 6.45) is -0.490. The topological polar surface area (TPSA) is 43.7 Å². The number of aliphatic hydroxyl groups is 2. The first-order valence-electron chi connectivity index (χ1n) is 5.59. The Morgan fingerprint density at radius 3 is 2.50 bits per heavy atom. The van der Waals surface area contributed by atoms with Gasteiger partial charge in [0.2, 0.25) is 0 Å². The van der Waals surface area contributed by atoms with Crippen molar-refractivity contribution in [3.05, 3.63) is 34.9 Å². The van der Waals surface area contributed by atoms with Crippen molar-refractivity contribution in [3.63, 3.8) is 0 Å². The van der Waals surface area contributed by atoms with Gasteiger partial charge in [-0.05, 0) is 37.6 Å². The quantitative estimate of drug-likeness (QED) is 0.790. The van der Waals surface area contributed by atoms with E-state index >= 15 is 0 Å². The van der Waals surface area contributed by atoms with Gasteiger partial charge in [-0.25, -0.2) is 0 Å². The Morgan fingerprint density at radius 2 is 1.94 bits per heavy atom. The van der Waals surface area contributed by atoms with E-state index in [0.717, 1.165) is 5.56 Å². The van der Waals surface area contributed by atoms with E-state index in [-0.39, 0.29) is 6.61 Å². The van der Waals surface area contributed by atoms with Gasteiger partial charge in [-0.15, -0.1) is 0 Å². The van der Waals surface area contributed by atoms with E-state index in [4.69, 9.17) is 5.11 Å². The van der Waals surface area contributed by atoms with Gasteiger partial charge in [-0.3, -0.25) is 0 Å². The van der Waals surface area contributed by atoms with Crippen molar-refractivity contribution in [2.75, 3.05) is 26.7 Å². The first kappa shape index (κ1) is 13.2. The summed E-state index contributed by atoms with van der Waals surface area (Å²) in [5.41, 5.74) is 3.37. The lowest BCUT2D eigenvalue weighted by atomic mass is 10.0. The summed E-state index contributed by atoms with van der Waals surface area (Å²) in [6, 6.07) is 6.01. The first-order chi connectivity index (χ1) is 7.54. The SMILES string of the molecule is Cc1ccc(C(O)CN(C)CCO)cc1C. The standard InChI is InChI=1S/C13H21NO2/c1-10-4-5-12(8-11(10)2)13(16)9-14(3)6-7-15/h4-5,8,13,15-16H,6-7,9H2,1-3H3. The molecular formula is C13H21NO2. The fraction of sp³-hybridized carbons (Fsp3) is 0.538. The fourth-order valence-electron chi connectivity index (χ4n) is 1.63. The Hall–Kier alpha value is -0.900. The van der Waals surface area contributed by atoms with Crippen LogP contribution in [0.25, 0.3) is 0 Å². The molecule has 0 bridgehead atoms. The van der Waals surface area contributed by atoms with Gasteiger partial charge in [-0.2, -0.15) is 0 Å². The van der Waals surface area contributed by atoms with E-state index in [1.807, 2.05) is 37.1 Å². The summed E-state index contributed by atoms with van der Waals surface area (Å²) in [4.78, 5) is 1.92. The first-order valence-corrected chi connectivity index (χ1v) is 5.59. The van der Waals surface area contributed by atoms with Gasteiger partial charge in [0.05, 0.1) is 12.7 Å². The van der Waals surface area contributed by atoms with Gasteiger partial charge >= 0.3 is 0 Å². The number of hydrogen-bond acceptors (Lipinski definition) is 3. The van der Waals surface area contributed by atoms with Crippen LogP contribution in [0.1, 0.15) is 22.8 Å². The van der Waals surface area contributed by atoms with Gasteiger partial charge in [0, 0.05) is 13.1 Å². The lowest BCUT2D eigenvalue weighted by Gasteiger charge is -2.20. The summed E-state index contributed by atoms with van der Waals surface area (Å²) in [5.74, 6) is 0. The molecule has 0 aliphatic carbocycles. The molecule has 0 spiro atoms. The molecule has 1 unspecified atom stereocenters. The summed E-state index contributed by atoms with van der Waals surface area (Å²) in [6.45, 7) is 5.35. The van der Waals surface area contributed by atoms with Crippen molar-refractivity contribution in [1.82, 2.24) is 4.90 Å². The van der Waals surface area contributed by atoms with Gasteiger partial charge in [0.25, 0.3) is 0 Å². The van der Waals surface area contributed by atoms with Crippen LogP contribution in [0.4, 0.5) is 0 Å². The smallest absolute Gasteiger partial charge is 0.0916 e. The number of rotatable bonds is 5. The lowest BCUT2D eigenvalue weighted by Crippen LogP contribution is -2.27. The summed E-state index contributed by atoms with van der Waals surface area (Å²) < 4.78 is 0.